The molecule has 0 saturated carbocycles. The average molecular weight is 208 g/mol. The highest BCUT2D eigenvalue weighted by atomic mass is 32.1. The van der Waals surface area contributed by atoms with Crippen LogP contribution in [0.3, 0.4) is 0 Å². The van der Waals surface area contributed by atoms with E-state index >= 15 is 0 Å². The zero-order chi connectivity index (χ0) is 10.6. The highest BCUT2D eigenvalue weighted by molar-refractivity contribution is 7.80. The molecule has 0 amide bonds. The third-order valence-electron chi connectivity index (χ3n) is 2.11. The number of thiol groups is 1. The van der Waals surface area contributed by atoms with Crippen molar-refractivity contribution in [1.29, 1.82) is 5.26 Å². The highest BCUT2D eigenvalue weighted by Crippen LogP contribution is 2.03. The van der Waals surface area contributed by atoms with Gasteiger partial charge in [0, 0.05) is 18.3 Å². The zero-order valence-corrected chi connectivity index (χ0v) is 8.92. The van der Waals surface area contributed by atoms with Gasteiger partial charge in [-0.15, -0.1) is 0 Å². The molecule has 0 atom stereocenters. The summed E-state index contributed by atoms with van der Waals surface area (Å²) in [5.74, 6) is 0.739. The minimum absolute atomic E-state index is 0.0525. The Bertz CT molecular complexity index is 417. The molecule has 0 aliphatic heterocycles. The Morgan fingerprint density at radius 1 is 1.57 bits per heavy atom. The fourth-order valence-corrected chi connectivity index (χ4v) is 1.44. The van der Waals surface area contributed by atoms with Gasteiger partial charge < -0.3 is 4.57 Å². The van der Waals surface area contributed by atoms with Crippen molar-refractivity contribution >= 4 is 12.6 Å². The lowest BCUT2D eigenvalue weighted by molar-refractivity contribution is 0.638. The van der Waals surface area contributed by atoms with Gasteiger partial charge in [0.2, 0.25) is 0 Å². The Labute approximate surface area is 88.4 Å². The normalized spacial score (nSPS) is 9.79. The van der Waals surface area contributed by atoms with Crippen LogP contribution >= 0.6 is 12.6 Å². The van der Waals surface area contributed by atoms with Crippen molar-refractivity contribution in [2.24, 2.45) is 0 Å². The maximum Gasteiger partial charge on any atom is 0.250 e. The predicted octanol–water partition coefficient (Wildman–Crippen LogP) is 1.35. The molecule has 0 spiro atoms. The van der Waals surface area contributed by atoms with Crippen LogP contribution in [0, 0.1) is 18.3 Å². The molecular formula is C10H12N2OS. The zero-order valence-electron chi connectivity index (χ0n) is 8.03. The Morgan fingerprint density at radius 3 is 2.86 bits per heavy atom. The minimum atomic E-state index is -0.0525. The SMILES string of the molecule is Cc1c(C#N)ccc(=O)n1CCCS. The molecule has 0 aromatic carbocycles. The summed E-state index contributed by atoms with van der Waals surface area (Å²) in [6.45, 7) is 2.42. The first-order valence-corrected chi connectivity index (χ1v) is 5.05. The largest absolute Gasteiger partial charge is 0.312 e. The molecule has 1 heterocycles. The van der Waals surface area contributed by atoms with Crippen molar-refractivity contribution in [1.82, 2.24) is 4.57 Å². The van der Waals surface area contributed by atoms with Crippen LogP contribution in [0.15, 0.2) is 16.9 Å². The van der Waals surface area contributed by atoms with E-state index in [4.69, 9.17) is 5.26 Å². The monoisotopic (exact) mass is 208 g/mol. The lowest BCUT2D eigenvalue weighted by Crippen LogP contribution is -2.22. The smallest absolute Gasteiger partial charge is 0.250 e. The Balaban J connectivity index is 3.14. The van der Waals surface area contributed by atoms with E-state index in [1.54, 1.807) is 17.6 Å². The van der Waals surface area contributed by atoms with E-state index in [1.807, 2.05) is 0 Å². The minimum Gasteiger partial charge on any atom is -0.312 e. The molecule has 74 valence electrons. The summed E-state index contributed by atoms with van der Waals surface area (Å²) in [6.07, 6.45) is 0.832. The number of pyridine rings is 1. The van der Waals surface area contributed by atoms with Crippen molar-refractivity contribution in [2.75, 3.05) is 5.75 Å². The Morgan fingerprint density at radius 2 is 2.29 bits per heavy atom. The van der Waals surface area contributed by atoms with Crippen molar-refractivity contribution in [3.8, 4) is 6.07 Å². The average Bonchev–Trinajstić information content (AvgIpc) is 2.18. The molecule has 4 heteroatoms. The van der Waals surface area contributed by atoms with E-state index in [-0.39, 0.29) is 5.56 Å². The van der Waals surface area contributed by atoms with Crippen LogP contribution in [0.25, 0.3) is 0 Å². The first-order chi connectivity index (χ1) is 6.70. The van der Waals surface area contributed by atoms with E-state index in [0.717, 1.165) is 17.9 Å². The van der Waals surface area contributed by atoms with Gasteiger partial charge >= 0.3 is 0 Å². The van der Waals surface area contributed by atoms with Crippen LogP contribution in [0.2, 0.25) is 0 Å². The molecule has 0 aliphatic rings. The summed E-state index contributed by atoms with van der Waals surface area (Å²) in [6, 6.07) is 5.06. The summed E-state index contributed by atoms with van der Waals surface area (Å²) in [5, 5.41) is 8.78. The van der Waals surface area contributed by atoms with Gasteiger partial charge in [-0.25, -0.2) is 0 Å². The van der Waals surface area contributed by atoms with E-state index in [2.05, 4.69) is 18.7 Å². The standard InChI is InChI=1S/C10H12N2OS/c1-8-9(7-11)3-4-10(13)12(8)5-2-6-14/h3-4,14H,2,5-6H2,1H3. The molecule has 0 aliphatic carbocycles. The molecular weight excluding hydrogens is 196 g/mol. The van der Waals surface area contributed by atoms with E-state index in [9.17, 15) is 4.79 Å². The predicted molar refractivity (Wildman–Crippen MR) is 58.6 cm³/mol. The van der Waals surface area contributed by atoms with Gasteiger partial charge in [-0.3, -0.25) is 4.79 Å². The molecule has 3 nitrogen and oxygen atoms in total. The van der Waals surface area contributed by atoms with Crippen LogP contribution in [0.5, 0.6) is 0 Å². The van der Waals surface area contributed by atoms with E-state index < -0.39 is 0 Å². The van der Waals surface area contributed by atoms with Crippen molar-refractivity contribution < 1.29 is 0 Å². The summed E-state index contributed by atoms with van der Waals surface area (Å²) >= 11 is 4.09. The number of hydrogen-bond donors (Lipinski definition) is 1. The second kappa shape index (κ2) is 4.87. The number of hydrogen-bond acceptors (Lipinski definition) is 3. The van der Waals surface area contributed by atoms with E-state index in [0.29, 0.717) is 12.1 Å². The number of rotatable bonds is 3. The fourth-order valence-electron chi connectivity index (χ4n) is 1.30. The summed E-state index contributed by atoms with van der Waals surface area (Å²) in [7, 11) is 0. The third-order valence-corrected chi connectivity index (χ3v) is 2.43. The third kappa shape index (κ3) is 2.18. The first-order valence-electron chi connectivity index (χ1n) is 4.42. The van der Waals surface area contributed by atoms with Gasteiger partial charge in [0.05, 0.1) is 5.56 Å². The van der Waals surface area contributed by atoms with Crippen molar-refractivity contribution in [3.05, 3.63) is 33.7 Å². The molecule has 0 N–H and O–H groups in total. The lowest BCUT2D eigenvalue weighted by Gasteiger charge is -2.09. The van der Waals surface area contributed by atoms with Gasteiger partial charge in [0.1, 0.15) is 6.07 Å². The van der Waals surface area contributed by atoms with Crippen LogP contribution in [0.4, 0.5) is 0 Å². The summed E-state index contributed by atoms with van der Waals surface area (Å²) in [4.78, 5) is 11.4. The maximum absolute atomic E-state index is 11.4. The first kappa shape index (κ1) is 10.9. The molecule has 0 fully saturated rings. The molecule has 0 radical (unpaired) electrons. The molecule has 1 rings (SSSR count). The van der Waals surface area contributed by atoms with Gasteiger partial charge in [-0.2, -0.15) is 17.9 Å². The topological polar surface area (TPSA) is 45.8 Å². The van der Waals surface area contributed by atoms with Crippen LogP contribution in [-0.2, 0) is 6.54 Å². The molecule has 1 aromatic rings. The molecule has 0 bridgehead atoms. The van der Waals surface area contributed by atoms with Crippen molar-refractivity contribution in [2.45, 2.75) is 19.9 Å². The Kier molecular flexibility index (Phi) is 3.78. The van der Waals surface area contributed by atoms with Crippen LogP contribution in [0.1, 0.15) is 17.7 Å². The number of aromatic nitrogens is 1. The van der Waals surface area contributed by atoms with Gasteiger partial charge in [0.25, 0.3) is 5.56 Å². The summed E-state index contributed by atoms with van der Waals surface area (Å²) < 4.78 is 1.62. The van der Waals surface area contributed by atoms with Crippen molar-refractivity contribution in [3.63, 3.8) is 0 Å². The second-order valence-corrected chi connectivity index (χ2v) is 3.46. The molecule has 0 saturated heterocycles. The molecule has 1 aromatic heterocycles. The number of nitriles is 1. The molecule has 14 heavy (non-hydrogen) atoms. The van der Waals surface area contributed by atoms with Gasteiger partial charge in [0.15, 0.2) is 0 Å². The molecule has 0 unspecified atom stereocenters. The van der Waals surface area contributed by atoms with E-state index in [1.165, 1.54) is 6.07 Å². The summed E-state index contributed by atoms with van der Waals surface area (Å²) in [5.41, 5.74) is 1.24. The number of nitrogens with zero attached hydrogens (tertiary/aromatic N) is 2. The fraction of sp³-hybridized carbons (Fsp3) is 0.400. The van der Waals surface area contributed by atoms with Crippen LogP contribution < -0.4 is 5.56 Å². The van der Waals surface area contributed by atoms with Gasteiger partial charge in [-0.05, 0) is 25.2 Å². The maximum atomic E-state index is 11.4. The second-order valence-electron chi connectivity index (χ2n) is 3.01. The quantitative estimate of drug-likeness (QED) is 0.762. The highest BCUT2D eigenvalue weighted by Gasteiger charge is 2.04. The Hall–Kier alpha value is -1.21. The van der Waals surface area contributed by atoms with Gasteiger partial charge in [-0.1, -0.05) is 0 Å². The van der Waals surface area contributed by atoms with Crippen LogP contribution in [-0.4, -0.2) is 10.3 Å². The lowest BCUT2D eigenvalue weighted by atomic mass is 10.2.